The number of hydrogen-bond donors (Lipinski definition) is 0. The zero-order valence-electron chi connectivity index (χ0n) is 20.1. The van der Waals surface area contributed by atoms with Gasteiger partial charge in [-0.3, -0.25) is 9.59 Å². The predicted molar refractivity (Wildman–Crippen MR) is 127 cm³/mol. The van der Waals surface area contributed by atoms with Crippen LogP contribution >= 0.6 is 0 Å². The Hall–Kier alpha value is -2.43. The van der Waals surface area contributed by atoms with Crippen LogP contribution in [0.5, 0.6) is 0 Å². The molecule has 4 atom stereocenters. The zero-order valence-corrected chi connectivity index (χ0v) is 21.0. The molecule has 0 saturated carbocycles. The third-order valence-corrected chi connectivity index (χ3v) is 7.87. The molecule has 2 fully saturated rings. The number of sulfone groups is 1. The number of carbonyl (C=O) groups excluding carboxylic acids is 2. The minimum Gasteiger partial charge on any atom is -0.372 e. The Morgan fingerprint density at radius 1 is 0.853 bits per heavy atom. The van der Waals surface area contributed by atoms with Gasteiger partial charge in [0.05, 0.1) is 29.3 Å². The van der Waals surface area contributed by atoms with Gasteiger partial charge < -0.3 is 23.8 Å². The molecule has 0 radical (unpaired) electrons. The number of ether oxygens (including phenoxy) is 2. The number of carbonyl (C=O) groups is 2. The highest BCUT2D eigenvalue weighted by Crippen LogP contribution is 2.27. The highest BCUT2D eigenvalue weighted by atomic mass is 32.2. The largest absolute Gasteiger partial charge is 0.372 e. The molecular weight excluding hydrogens is 458 g/mol. The van der Waals surface area contributed by atoms with E-state index < -0.39 is 21.5 Å². The number of fused-ring (bicyclic) bond motifs is 1. The van der Waals surface area contributed by atoms with E-state index in [9.17, 15) is 18.0 Å². The van der Waals surface area contributed by atoms with Crippen LogP contribution in [0.15, 0.2) is 35.4 Å². The van der Waals surface area contributed by atoms with Crippen molar-refractivity contribution in [3.63, 3.8) is 0 Å². The Labute approximate surface area is 200 Å². The average molecular weight is 492 g/mol. The molecule has 2 aliphatic rings. The van der Waals surface area contributed by atoms with Gasteiger partial charge in [0.2, 0.25) is 11.8 Å². The lowest BCUT2D eigenvalue weighted by Crippen LogP contribution is -2.49. The molecule has 2 saturated heterocycles. The standard InChI is InChI=1S/C24H33N3O6S/c1-16-9-26(10-17(2)32-16)23(28)14-25-13-22(20-7-5-6-8-21(20)25)34(30,31)15-24(29)27-11-18(3)33-19(4)12-27/h5-8,13,16-19H,9-12,14-15H2,1-4H3/t16-,17-,18+,19+/m1/s1. The fraction of sp³-hybridized carbons (Fsp3) is 0.583. The normalized spacial score (nSPS) is 26.1. The Morgan fingerprint density at radius 2 is 1.35 bits per heavy atom. The number of rotatable bonds is 5. The van der Waals surface area contributed by atoms with Gasteiger partial charge in [0.1, 0.15) is 12.3 Å². The van der Waals surface area contributed by atoms with Crippen molar-refractivity contribution in [3.05, 3.63) is 30.5 Å². The van der Waals surface area contributed by atoms with Gasteiger partial charge >= 0.3 is 0 Å². The molecule has 0 aliphatic carbocycles. The van der Waals surface area contributed by atoms with Crippen molar-refractivity contribution in [1.82, 2.24) is 14.4 Å². The topological polar surface area (TPSA) is 98.2 Å². The minimum absolute atomic E-state index is 0.0158. The Bertz CT molecular complexity index is 1160. The second-order valence-electron chi connectivity index (χ2n) is 9.51. The molecule has 186 valence electrons. The molecule has 10 heteroatoms. The molecule has 2 amide bonds. The van der Waals surface area contributed by atoms with Crippen LogP contribution in [-0.2, 0) is 35.4 Å². The molecule has 3 heterocycles. The summed E-state index contributed by atoms with van der Waals surface area (Å²) < 4.78 is 39.7. The summed E-state index contributed by atoms with van der Waals surface area (Å²) in [7, 11) is -3.93. The average Bonchev–Trinajstić information content (AvgIpc) is 3.11. The maximum Gasteiger partial charge on any atom is 0.242 e. The zero-order chi connectivity index (χ0) is 24.6. The van der Waals surface area contributed by atoms with E-state index in [0.29, 0.717) is 37.1 Å². The van der Waals surface area contributed by atoms with Gasteiger partial charge in [-0.2, -0.15) is 0 Å². The lowest BCUT2D eigenvalue weighted by molar-refractivity contribution is -0.143. The monoisotopic (exact) mass is 491 g/mol. The summed E-state index contributed by atoms with van der Waals surface area (Å²) in [6, 6.07) is 7.07. The summed E-state index contributed by atoms with van der Waals surface area (Å²) >= 11 is 0. The Kier molecular flexibility index (Phi) is 7.02. The van der Waals surface area contributed by atoms with E-state index in [2.05, 4.69) is 0 Å². The summed E-state index contributed by atoms with van der Waals surface area (Å²) in [6.07, 6.45) is 1.09. The quantitative estimate of drug-likeness (QED) is 0.631. The molecule has 0 bridgehead atoms. The fourth-order valence-corrected chi connectivity index (χ4v) is 6.39. The van der Waals surface area contributed by atoms with Crippen molar-refractivity contribution in [1.29, 1.82) is 0 Å². The molecular formula is C24H33N3O6S. The number of benzene rings is 1. The highest BCUT2D eigenvalue weighted by Gasteiger charge is 2.32. The number of morpholine rings is 2. The summed E-state index contributed by atoms with van der Waals surface area (Å²) in [5, 5.41) is 0.510. The van der Waals surface area contributed by atoms with E-state index in [1.54, 1.807) is 38.6 Å². The second-order valence-corrected chi connectivity index (χ2v) is 11.5. The van der Waals surface area contributed by atoms with E-state index in [1.807, 2.05) is 27.7 Å². The van der Waals surface area contributed by atoms with Gasteiger partial charge in [0.15, 0.2) is 9.84 Å². The van der Waals surface area contributed by atoms with Gasteiger partial charge in [0, 0.05) is 43.3 Å². The minimum atomic E-state index is -3.93. The highest BCUT2D eigenvalue weighted by molar-refractivity contribution is 7.92. The SMILES string of the molecule is C[C@@H]1CN(C(=O)Cn2cc(S(=O)(=O)CC(=O)N3C[C@H](C)O[C@@H](C)C3)c3ccccc32)C[C@@H](C)O1. The van der Waals surface area contributed by atoms with Gasteiger partial charge in [-0.05, 0) is 33.8 Å². The third-order valence-electron chi connectivity index (χ3n) is 6.25. The second kappa shape index (κ2) is 9.67. The molecule has 9 nitrogen and oxygen atoms in total. The van der Waals surface area contributed by atoms with Crippen molar-refractivity contribution in [3.8, 4) is 0 Å². The van der Waals surface area contributed by atoms with Crippen LogP contribution in [0.25, 0.3) is 10.9 Å². The maximum absolute atomic E-state index is 13.3. The molecule has 1 aromatic heterocycles. The molecule has 2 aliphatic heterocycles. The number of para-hydroxylation sites is 1. The molecule has 4 rings (SSSR count). The molecule has 0 unspecified atom stereocenters. The number of aromatic nitrogens is 1. The van der Waals surface area contributed by atoms with Gasteiger partial charge in [-0.1, -0.05) is 18.2 Å². The first-order valence-electron chi connectivity index (χ1n) is 11.7. The van der Waals surface area contributed by atoms with Crippen LogP contribution < -0.4 is 0 Å². The Balaban J connectivity index is 1.57. The van der Waals surface area contributed by atoms with Crippen molar-refractivity contribution in [2.75, 3.05) is 31.9 Å². The lowest BCUT2D eigenvalue weighted by Gasteiger charge is -2.35. The Morgan fingerprint density at radius 3 is 1.91 bits per heavy atom. The van der Waals surface area contributed by atoms with Gasteiger partial charge in [-0.15, -0.1) is 0 Å². The van der Waals surface area contributed by atoms with E-state index in [-0.39, 0.29) is 41.8 Å². The van der Waals surface area contributed by atoms with E-state index in [1.165, 1.54) is 6.20 Å². The van der Waals surface area contributed by atoms with Crippen LogP contribution in [0.2, 0.25) is 0 Å². The van der Waals surface area contributed by atoms with E-state index in [0.717, 1.165) is 0 Å². The summed E-state index contributed by atoms with van der Waals surface area (Å²) in [5.74, 6) is -1.15. The maximum atomic E-state index is 13.3. The fourth-order valence-electron chi connectivity index (χ4n) is 4.93. The van der Waals surface area contributed by atoms with Crippen LogP contribution in [0.3, 0.4) is 0 Å². The first-order chi connectivity index (χ1) is 16.0. The van der Waals surface area contributed by atoms with Gasteiger partial charge in [-0.25, -0.2) is 8.42 Å². The van der Waals surface area contributed by atoms with Crippen LogP contribution in [-0.4, -0.2) is 90.9 Å². The third kappa shape index (κ3) is 5.29. The molecule has 34 heavy (non-hydrogen) atoms. The lowest BCUT2D eigenvalue weighted by atomic mass is 10.2. The molecule has 1 aromatic carbocycles. The van der Waals surface area contributed by atoms with Crippen molar-refractivity contribution in [2.45, 2.75) is 63.6 Å². The smallest absolute Gasteiger partial charge is 0.242 e. The predicted octanol–water partition coefficient (Wildman–Crippen LogP) is 1.69. The first-order valence-corrected chi connectivity index (χ1v) is 13.4. The van der Waals surface area contributed by atoms with Crippen molar-refractivity contribution < 1.29 is 27.5 Å². The summed E-state index contributed by atoms with van der Waals surface area (Å²) in [5.41, 5.74) is 0.643. The number of nitrogens with zero attached hydrogens (tertiary/aromatic N) is 3. The van der Waals surface area contributed by atoms with Crippen LogP contribution in [0.4, 0.5) is 0 Å². The number of amides is 2. The molecule has 0 spiro atoms. The van der Waals surface area contributed by atoms with E-state index >= 15 is 0 Å². The van der Waals surface area contributed by atoms with Crippen LogP contribution in [0.1, 0.15) is 27.7 Å². The van der Waals surface area contributed by atoms with E-state index in [4.69, 9.17) is 9.47 Å². The van der Waals surface area contributed by atoms with Crippen molar-refractivity contribution in [2.24, 2.45) is 0 Å². The van der Waals surface area contributed by atoms with Crippen molar-refractivity contribution >= 4 is 32.6 Å². The number of hydrogen-bond acceptors (Lipinski definition) is 6. The van der Waals surface area contributed by atoms with Crippen LogP contribution in [0, 0.1) is 0 Å². The first kappa shape index (κ1) is 24.7. The van der Waals surface area contributed by atoms with Gasteiger partial charge in [0.25, 0.3) is 0 Å². The molecule has 2 aromatic rings. The summed E-state index contributed by atoms with van der Waals surface area (Å²) in [6.45, 7) is 9.34. The summed E-state index contributed by atoms with van der Waals surface area (Å²) in [4.78, 5) is 29.3. The molecule has 0 N–H and O–H groups in total.